The van der Waals surface area contributed by atoms with Gasteiger partial charge in [-0.25, -0.2) is 0 Å². The lowest BCUT2D eigenvalue weighted by Crippen LogP contribution is -2.37. The van der Waals surface area contributed by atoms with Crippen LogP contribution in [-0.2, 0) is 19.1 Å². The van der Waals surface area contributed by atoms with E-state index in [4.69, 9.17) is 9.47 Å². The number of hydrogen-bond donors (Lipinski definition) is 0. The lowest BCUT2D eigenvalue weighted by atomic mass is 10.3. The summed E-state index contributed by atoms with van der Waals surface area (Å²) < 4.78 is 9.95. The van der Waals surface area contributed by atoms with Crippen molar-refractivity contribution in [3.63, 3.8) is 0 Å². The summed E-state index contributed by atoms with van der Waals surface area (Å²) >= 11 is 0. The summed E-state index contributed by atoms with van der Waals surface area (Å²) in [6, 6.07) is 0. The van der Waals surface area contributed by atoms with Crippen LogP contribution in [-0.4, -0.2) is 49.7 Å². The molecule has 0 unspecified atom stereocenters. The number of rotatable bonds is 9. The van der Waals surface area contributed by atoms with E-state index in [0.717, 1.165) is 6.42 Å². The van der Waals surface area contributed by atoms with Gasteiger partial charge in [0.2, 0.25) is 5.91 Å². The minimum absolute atomic E-state index is 0.0344. The Bertz CT molecular complexity index is 231. The van der Waals surface area contributed by atoms with E-state index in [1.807, 2.05) is 13.8 Å². The lowest BCUT2D eigenvalue weighted by Gasteiger charge is -2.20. The summed E-state index contributed by atoms with van der Waals surface area (Å²) in [5.74, 6) is -0.418. The molecule has 0 bridgehead atoms. The second kappa shape index (κ2) is 10.1. The Morgan fingerprint density at radius 1 is 1.12 bits per heavy atom. The van der Waals surface area contributed by atoms with Gasteiger partial charge in [-0.05, 0) is 20.3 Å². The van der Waals surface area contributed by atoms with Crippen LogP contribution in [0.4, 0.5) is 0 Å². The Kier molecular flexibility index (Phi) is 9.43. The molecule has 0 aliphatic carbocycles. The Morgan fingerprint density at radius 2 is 1.82 bits per heavy atom. The molecule has 5 heteroatoms. The third kappa shape index (κ3) is 7.74. The molecule has 0 atom stereocenters. The molecule has 100 valence electrons. The van der Waals surface area contributed by atoms with Gasteiger partial charge in [0.15, 0.2) is 0 Å². The Hall–Kier alpha value is -1.10. The van der Waals surface area contributed by atoms with Crippen LogP contribution in [0.15, 0.2) is 0 Å². The summed E-state index contributed by atoms with van der Waals surface area (Å²) in [4.78, 5) is 24.6. The van der Waals surface area contributed by atoms with Crippen LogP contribution in [0.1, 0.15) is 33.6 Å². The van der Waals surface area contributed by atoms with Crippen molar-refractivity contribution < 1.29 is 19.1 Å². The van der Waals surface area contributed by atoms with Crippen molar-refractivity contribution in [3.8, 4) is 0 Å². The van der Waals surface area contributed by atoms with E-state index in [1.54, 1.807) is 6.92 Å². The van der Waals surface area contributed by atoms with Gasteiger partial charge in [0, 0.05) is 13.2 Å². The SMILES string of the molecule is CCCN(CC(=O)OCC)C(=O)CCOCC. The van der Waals surface area contributed by atoms with Crippen LogP contribution >= 0.6 is 0 Å². The van der Waals surface area contributed by atoms with Gasteiger partial charge in [0.05, 0.1) is 19.6 Å². The highest BCUT2D eigenvalue weighted by Gasteiger charge is 2.16. The zero-order valence-corrected chi connectivity index (χ0v) is 11.0. The lowest BCUT2D eigenvalue weighted by molar-refractivity contribution is -0.149. The molecular formula is C12H23NO4. The maximum absolute atomic E-state index is 11.8. The maximum Gasteiger partial charge on any atom is 0.325 e. The first kappa shape index (κ1) is 15.9. The van der Waals surface area contributed by atoms with Crippen LogP contribution in [0.3, 0.4) is 0 Å². The highest BCUT2D eigenvalue weighted by Crippen LogP contribution is 1.98. The molecule has 0 saturated carbocycles. The second-order valence-corrected chi connectivity index (χ2v) is 3.57. The molecule has 0 aromatic carbocycles. The van der Waals surface area contributed by atoms with Crippen LogP contribution in [0.5, 0.6) is 0 Å². The summed E-state index contributed by atoms with van der Waals surface area (Å²) in [7, 11) is 0. The van der Waals surface area contributed by atoms with E-state index >= 15 is 0 Å². The van der Waals surface area contributed by atoms with Crippen molar-refractivity contribution in [3.05, 3.63) is 0 Å². The minimum Gasteiger partial charge on any atom is -0.465 e. The summed E-state index contributed by atoms with van der Waals surface area (Å²) in [6.45, 7) is 7.54. The summed E-state index contributed by atoms with van der Waals surface area (Å²) in [6.07, 6.45) is 1.13. The van der Waals surface area contributed by atoms with Gasteiger partial charge in [-0.1, -0.05) is 6.92 Å². The zero-order chi connectivity index (χ0) is 13.1. The molecule has 0 rings (SSSR count). The van der Waals surface area contributed by atoms with E-state index in [-0.39, 0.29) is 18.4 Å². The average molecular weight is 245 g/mol. The number of ether oxygens (including phenoxy) is 2. The molecule has 5 nitrogen and oxygen atoms in total. The molecule has 0 aliphatic rings. The average Bonchev–Trinajstić information content (AvgIpc) is 2.29. The second-order valence-electron chi connectivity index (χ2n) is 3.57. The van der Waals surface area contributed by atoms with Crippen molar-refractivity contribution >= 4 is 11.9 Å². The van der Waals surface area contributed by atoms with Crippen molar-refractivity contribution in [2.24, 2.45) is 0 Å². The molecule has 0 radical (unpaired) electrons. The van der Waals surface area contributed by atoms with E-state index in [0.29, 0.717) is 32.8 Å². The van der Waals surface area contributed by atoms with Crippen LogP contribution < -0.4 is 0 Å². The molecule has 0 heterocycles. The van der Waals surface area contributed by atoms with Gasteiger partial charge in [-0.15, -0.1) is 0 Å². The fraction of sp³-hybridized carbons (Fsp3) is 0.833. The molecule has 0 N–H and O–H groups in total. The number of carbonyl (C=O) groups is 2. The molecule has 0 aromatic rings. The zero-order valence-electron chi connectivity index (χ0n) is 11.0. The van der Waals surface area contributed by atoms with Crippen LogP contribution in [0.25, 0.3) is 0 Å². The largest absolute Gasteiger partial charge is 0.465 e. The first-order valence-corrected chi connectivity index (χ1v) is 6.16. The molecule has 0 fully saturated rings. The van der Waals surface area contributed by atoms with Gasteiger partial charge in [0.25, 0.3) is 0 Å². The predicted octanol–water partition coefficient (Wildman–Crippen LogP) is 1.21. The fourth-order valence-corrected chi connectivity index (χ4v) is 1.39. The Morgan fingerprint density at radius 3 is 2.35 bits per heavy atom. The number of amides is 1. The molecule has 0 aromatic heterocycles. The Balaban J connectivity index is 4.10. The standard InChI is InChI=1S/C12H23NO4/c1-4-8-13(10-12(15)17-6-3)11(14)7-9-16-5-2/h4-10H2,1-3H3. The van der Waals surface area contributed by atoms with E-state index < -0.39 is 0 Å². The minimum atomic E-state index is -0.356. The van der Waals surface area contributed by atoms with Crippen LogP contribution in [0.2, 0.25) is 0 Å². The third-order valence-electron chi connectivity index (χ3n) is 2.14. The normalized spacial score (nSPS) is 10.1. The van der Waals surface area contributed by atoms with E-state index in [2.05, 4.69) is 0 Å². The molecule has 1 amide bonds. The first-order valence-electron chi connectivity index (χ1n) is 6.16. The first-order chi connectivity index (χ1) is 8.15. The monoisotopic (exact) mass is 245 g/mol. The van der Waals surface area contributed by atoms with Crippen molar-refractivity contribution in [2.75, 3.05) is 32.9 Å². The topological polar surface area (TPSA) is 55.8 Å². The van der Waals surface area contributed by atoms with Gasteiger partial charge in [0.1, 0.15) is 6.54 Å². The molecule has 17 heavy (non-hydrogen) atoms. The summed E-state index contributed by atoms with van der Waals surface area (Å²) in [5, 5.41) is 0. The molecule has 0 saturated heterocycles. The quantitative estimate of drug-likeness (QED) is 0.452. The number of esters is 1. The van der Waals surface area contributed by atoms with Gasteiger partial charge in [-0.3, -0.25) is 9.59 Å². The molecular weight excluding hydrogens is 222 g/mol. The smallest absolute Gasteiger partial charge is 0.325 e. The third-order valence-corrected chi connectivity index (χ3v) is 2.14. The predicted molar refractivity (Wildman–Crippen MR) is 64.6 cm³/mol. The number of hydrogen-bond acceptors (Lipinski definition) is 4. The van der Waals surface area contributed by atoms with E-state index in [1.165, 1.54) is 4.90 Å². The number of carbonyl (C=O) groups excluding carboxylic acids is 2. The fourth-order valence-electron chi connectivity index (χ4n) is 1.39. The maximum atomic E-state index is 11.8. The van der Waals surface area contributed by atoms with E-state index in [9.17, 15) is 9.59 Å². The van der Waals surface area contributed by atoms with Crippen LogP contribution in [0, 0.1) is 0 Å². The van der Waals surface area contributed by atoms with Crippen molar-refractivity contribution in [1.29, 1.82) is 0 Å². The summed E-state index contributed by atoms with van der Waals surface area (Å²) in [5.41, 5.74) is 0. The van der Waals surface area contributed by atoms with Crippen molar-refractivity contribution in [2.45, 2.75) is 33.6 Å². The van der Waals surface area contributed by atoms with Gasteiger partial charge < -0.3 is 14.4 Å². The highest BCUT2D eigenvalue weighted by atomic mass is 16.5. The van der Waals surface area contributed by atoms with Crippen molar-refractivity contribution in [1.82, 2.24) is 4.90 Å². The highest BCUT2D eigenvalue weighted by molar-refractivity contribution is 5.82. The number of nitrogens with zero attached hydrogens (tertiary/aromatic N) is 1. The van der Waals surface area contributed by atoms with Gasteiger partial charge >= 0.3 is 5.97 Å². The Labute approximate surface area is 103 Å². The van der Waals surface area contributed by atoms with Gasteiger partial charge in [-0.2, -0.15) is 0 Å². The molecule has 0 aliphatic heterocycles. The molecule has 0 spiro atoms.